The molecule has 1 heterocycles. The van der Waals surface area contributed by atoms with Gasteiger partial charge in [0.05, 0.1) is 10.5 Å². The molecule has 0 aliphatic carbocycles. The van der Waals surface area contributed by atoms with E-state index in [2.05, 4.69) is 5.32 Å². The second-order valence-electron chi connectivity index (χ2n) is 5.36. The molecule has 0 saturated heterocycles. The summed E-state index contributed by atoms with van der Waals surface area (Å²) in [4.78, 5) is 14.8. The number of rotatable bonds is 5. The minimum atomic E-state index is -3.43. The van der Waals surface area contributed by atoms with Crippen molar-refractivity contribution in [3.63, 3.8) is 0 Å². The molecule has 0 spiro atoms. The van der Waals surface area contributed by atoms with Gasteiger partial charge >= 0.3 is 0 Å². The van der Waals surface area contributed by atoms with E-state index >= 15 is 0 Å². The van der Waals surface area contributed by atoms with E-state index in [0.29, 0.717) is 0 Å². The van der Waals surface area contributed by atoms with E-state index in [9.17, 15) is 13.2 Å². The van der Waals surface area contributed by atoms with Crippen molar-refractivity contribution in [2.75, 3.05) is 6.26 Å². The van der Waals surface area contributed by atoms with E-state index < -0.39 is 9.84 Å². The maximum Gasteiger partial charge on any atom is 0.252 e. The predicted octanol–water partition coefficient (Wildman–Crippen LogP) is 2.82. The number of sulfone groups is 1. The molecule has 1 aromatic carbocycles. The van der Waals surface area contributed by atoms with Crippen molar-refractivity contribution in [1.29, 1.82) is 0 Å². The van der Waals surface area contributed by atoms with Crippen LogP contribution in [0.4, 0.5) is 0 Å². The number of nitrogens with one attached hydrogen (secondary N) is 1. The van der Waals surface area contributed by atoms with Crippen molar-refractivity contribution < 1.29 is 13.2 Å². The fourth-order valence-electron chi connectivity index (χ4n) is 2.23. The third kappa shape index (κ3) is 4.18. The van der Waals surface area contributed by atoms with Gasteiger partial charge in [-0.2, -0.15) is 0 Å². The van der Waals surface area contributed by atoms with Crippen LogP contribution >= 0.6 is 11.3 Å². The van der Waals surface area contributed by atoms with Crippen LogP contribution in [0.1, 0.15) is 27.0 Å². The first-order valence-electron chi connectivity index (χ1n) is 6.92. The number of carbonyl (C=O) groups is 1. The first kappa shape index (κ1) is 16.7. The molecule has 0 aliphatic heterocycles. The van der Waals surface area contributed by atoms with Gasteiger partial charge in [0.1, 0.15) is 0 Å². The molecule has 4 nitrogen and oxygen atoms in total. The van der Waals surface area contributed by atoms with E-state index in [1.165, 1.54) is 21.9 Å². The van der Waals surface area contributed by atoms with E-state index in [1.54, 1.807) is 23.5 Å². The van der Waals surface area contributed by atoms with E-state index in [0.717, 1.165) is 12.7 Å². The van der Waals surface area contributed by atoms with Gasteiger partial charge in [-0.3, -0.25) is 4.79 Å². The molecule has 0 radical (unpaired) electrons. The summed E-state index contributed by atoms with van der Waals surface area (Å²) in [5, 5.41) is 2.87. The standard InChI is InChI=1S/C16H19NO3S2/c1-11(10-13-9-8-12(2)21-13)17-16(18)14-6-4-5-7-15(14)22(3,19)20/h4-9,11H,10H2,1-3H3,(H,17,18). The van der Waals surface area contributed by atoms with Crippen LogP contribution in [0.2, 0.25) is 0 Å². The smallest absolute Gasteiger partial charge is 0.252 e. The van der Waals surface area contributed by atoms with Crippen LogP contribution < -0.4 is 5.32 Å². The molecular weight excluding hydrogens is 318 g/mol. The Morgan fingerprint density at radius 1 is 1.23 bits per heavy atom. The lowest BCUT2D eigenvalue weighted by Gasteiger charge is -2.14. The summed E-state index contributed by atoms with van der Waals surface area (Å²) in [6.07, 6.45) is 1.84. The maximum absolute atomic E-state index is 12.3. The number of benzene rings is 1. The summed E-state index contributed by atoms with van der Waals surface area (Å²) in [6.45, 7) is 3.95. The highest BCUT2D eigenvalue weighted by Gasteiger charge is 2.19. The zero-order valence-electron chi connectivity index (χ0n) is 12.8. The van der Waals surface area contributed by atoms with Crippen molar-refractivity contribution in [1.82, 2.24) is 5.32 Å². The number of thiophene rings is 1. The summed E-state index contributed by atoms with van der Waals surface area (Å²) in [5.41, 5.74) is 0.194. The fourth-order valence-corrected chi connectivity index (χ4v) is 4.13. The molecule has 1 N–H and O–H groups in total. The van der Waals surface area contributed by atoms with Gasteiger partial charge in [-0.1, -0.05) is 12.1 Å². The topological polar surface area (TPSA) is 63.2 Å². The highest BCUT2D eigenvalue weighted by Crippen LogP contribution is 2.18. The molecule has 22 heavy (non-hydrogen) atoms. The lowest BCUT2D eigenvalue weighted by molar-refractivity contribution is 0.0937. The highest BCUT2D eigenvalue weighted by molar-refractivity contribution is 7.90. The Kier molecular flexibility index (Phi) is 5.03. The summed E-state index contributed by atoms with van der Waals surface area (Å²) in [6, 6.07) is 10.3. The molecule has 0 bridgehead atoms. The molecule has 2 rings (SSSR count). The van der Waals surface area contributed by atoms with Crippen LogP contribution in [0.15, 0.2) is 41.3 Å². The number of hydrogen-bond acceptors (Lipinski definition) is 4. The molecule has 118 valence electrons. The van der Waals surface area contributed by atoms with Crippen molar-refractivity contribution in [3.8, 4) is 0 Å². The van der Waals surface area contributed by atoms with Crippen LogP contribution in [0.3, 0.4) is 0 Å². The number of carbonyl (C=O) groups excluding carboxylic acids is 1. The van der Waals surface area contributed by atoms with Crippen LogP contribution in [0, 0.1) is 6.92 Å². The van der Waals surface area contributed by atoms with E-state index in [-0.39, 0.29) is 22.4 Å². The third-order valence-electron chi connectivity index (χ3n) is 3.21. The maximum atomic E-state index is 12.3. The minimum Gasteiger partial charge on any atom is -0.349 e. The van der Waals surface area contributed by atoms with Crippen LogP contribution in [0.25, 0.3) is 0 Å². The summed E-state index contributed by atoms with van der Waals surface area (Å²) in [5.74, 6) is -0.359. The second-order valence-corrected chi connectivity index (χ2v) is 8.72. The zero-order valence-corrected chi connectivity index (χ0v) is 14.4. The molecule has 2 aromatic rings. The van der Waals surface area contributed by atoms with Gasteiger partial charge in [0.15, 0.2) is 9.84 Å². The third-order valence-corrected chi connectivity index (χ3v) is 5.39. The van der Waals surface area contributed by atoms with Gasteiger partial charge in [0, 0.05) is 28.5 Å². The van der Waals surface area contributed by atoms with E-state index in [4.69, 9.17) is 0 Å². The van der Waals surface area contributed by atoms with Crippen molar-refractivity contribution >= 4 is 27.1 Å². The molecule has 6 heteroatoms. The Hall–Kier alpha value is -1.66. The molecule has 0 saturated carbocycles. The van der Waals surface area contributed by atoms with Gasteiger partial charge < -0.3 is 5.32 Å². The lowest BCUT2D eigenvalue weighted by Crippen LogP contribution is -2.34. The van der Waals surface area contributed by atoms with Crippen LogP contribution in [0.5, 0.6) is 0 Å². The Morgan fingerprint density at radius 3 is 2.50 bits per heavy atom. The number of hydrogen-bond donors (Lipinski definition) is 1. The largest absolute Gasteiger partial charge is 0.349 e. The summed E-state index contributed by atoms with van der Waals surface area (Å²) >= 11 is 1.70. The Labute approximate surface area is 135 Å². The van der Waals surface area contributed by atoms with Crippen molar-refractivity contribution in [2.45, 2.75) is 31.2 Å². The molecular formula is C16H19NO3S2. The minimum absolute atomic E-state index is 0.0617. The lowest BCUT2D eigenvalue weighted by atomic mass is 10.1. The number of aryl methyl sites for hydroxylation is 1. The highest BCUT2D eigenvalue weighted by atomic mass is 32.2. The quantitative estimate of drug-likeness (QED) is 0.912. The van der Waals surface area contributed by atoms with Crippen LogP contribution in [-0.2, 0) is 16.3 Å². The van der Waals surface area contributed by atoms with Crippen molar-refractivity contribution in [2.24, 2.45) is 0 Å². The first-order chi connectivity index (χ1) is 10.3. The summed E-state index contributed by atoms with van der Waals surface area (Å²) < 4.78 is 23.5. The fraction of sp³-hybridized carbons (Fsp3) is 0.312. The normalized spacial score (nSPS) is 12.9. The van der Waals surface area contributed by atoms with Gasteiger partial charge in [-0.05, 0) is 38.1 Å². The van der Waals surface area contributed by atoms with E-state index in [1.807, 2.05) is 26.0 Å². The Balaban J connectivity index is 2.12. The van der Waals surface area contributed by atoms with Crippen molar-refractivity contribution in [3.05, 3.63) is 51.7 Å². The first-order valence-corrected chi connectivity index (χ1v) is 9.63. The summed E-state index contributed by atoms with van der Waals surface area (Å²) in [7, 11) is -3.43. The Morgan fingerprint density at radius 2 is 1.91 bits per heavy atom. The Bertz CT molecular complexity index is 778. The molecule has 1 aromatic heterocycles. The average molecular weight is 337 g/mol. The molecule has 0 aliphatic rings. The average Bonchev–Trinajstić information content (AvgIpc) is 2.82. The monoisotopic (exact) mass is 337 g/mol. The molecule has 1 atom stereocenters. The molecule has 1 amide bonds. The SMILES string of the molecule is Cc1ccc(CC(C)NC(=O)c2ccccc2S(C)(=O)=O)s1. The predicted molar refractivity (Wildman–Crippen MR) is 89.2 cm³/mol. The number of amides is 1. The molecule has 0 fully saturated rings. The van der Waals surface area contributed by atoms with Gasteiger partial charge in [0.2, 0.25) is 0 Å². The van der Waals surface area contributed by atoms with Gasteiger partial charge in [-0.25, -0.2) is 8.42 Å². The van der Waals surface area contributed by atoms with Gasteiger partial charge in [-0.15, -0.1) is 11.3 Å². The zero-order chi connectivity index (χ0) is 16.3. The molecule has 1 unspecified atom stereocenters. The second kappa shape index (κ2) is 6.62. The van der Waals surface area contributed by atoms with Gasteiger partial charge in [0.25, 0.3) is 5.91 Å². The van der Waals surface area contributed by atoms with Crippen LogP contribution in [-0.4, -0.2) is 26.6 Å².